The monoisotopic (exact) mass is 650 g/mol. The van der Waals surface area contributed by atoms with Gasteiger partial charge in [0.1, 0.15) is 6.20 Å². The van der Waals surface area contributed by atoms with Gasteiger partial charge in [0, 0.05) is 36.7 Å². The van der Waals surface area contributed by atoms with Gasteiger partial charge in [-0.1, -0.05) is 18.2 Å². The molecule has 1 aromatic heterocycles. The Hall–Kier alpha value is -4.48. The molecule has 0 aliphatic carbocycles. The molecule has 1 saturated heterocycles. The number of amides is 1. The zero-order valence-corrected chi connectivity index (χ0v) is 24.6. The van der Waals surface area contributed by atoms with Gasteiger partial charge in [0.05, 0.1) is 34.7 Å². The quantitative estimate of drug-likeness (QED) is 0.151. The molecule has 1 fully saturated rings. The zero-order valence-electron chi connectivity index (χ0n) is 23.8. The van der Waals surface area contributed by atoms with Crippen LogP contribution in [0.15, 0.2) is 77.4 Å². The van der Waals surface area contributed by atoms with Crippen LogP contribution in [0.1, 0.15) is 30.5 Å². The number of hydrogen-bond donors (Lipinski definition) is 2. The summed E-state index contributed by atoms with van der Waals surface area (Å²) in [6, 6.07) is 8.39. The van der Waals surface area contributed by atoms with Crippen LogP contribution in [0.3, 0.4) is 0 Å². The topological polar surface area (TPSA) is 168 Å². The van der Waals surface area contributed by atoms with E-state index in [0.717, 1.165) is 30.1 Å². The number of nitro groups is 2. The van der Waals surface area contributed by atoms with Crippen LogP contribution in [-0.4, -0.2) is 76.8 Å². The number of imidazole rings is 1. The molecule has 0 spiro atoms. The molecule has 3 atom stereocenters. The Labute approximate surface area is 258 Å². The molecule has 4 rings (SSSR count). The Morgan fingerprint density at radius 3 is 2.27 bits per heavy atom. The van der Waals surface area contributed by atoms with E-state index in [9.17, 15) is 48.4 Å². The van der Waals surface area contributed by atoms with Gasteiger partial charge in [-0.3, -0.25) is 19.6 Å². The van der Waals surface area contributed by atoms with Crippen molar-refractivity contribution < 1.29 is 38.0 Å². The van der Waals surface area contributed by atoms with Crippen LogP contribution in [-0.2, 0) is 12.7 Å². The standard InChI is InChI=1S/C28H29F3N6O7S/c1-3-4-22-24(18-5-7-19(8-6-18)28(29,30)31)33(13-14-35(22)26(38)39)16-27(2,40)17-34-15-23(37(43)44)32-25(34)45-21-11-9-20(10-12-21)36(41)42/h3,5-12,15,22,24,40H,1,4,13-14,16-17H2,2H3,(H,38,39). The van der Waals surface area contributed by atoms with E-state index in [-0.39, 0.29) is 43.4 Å². The Balaban J connectivity index is 1.64. The van der Waals surface area contributed by atoms with E-state index in [0.29, 0.717) is 10.5 Å². The molecule has 3 unspecified atom stereocenters. The minimum Gasteiger partial charge on any atom is -0.465 e. The number of nitrogens with zero attached hydrogens (tertiary/aromatic N) is 6. The number of rotatable bonds is 11. The number of carbonyl (C=O) groups is 1. The molecule has 240 valence electrons. The lowest BCUT2D eigenvalue weighted by atomic mass is 9.89. The predicted molar refractivity (Wildman–Crippen MR) is 156 cm³/mol. The van der Waals surface area contributed by atoms with Crippen molar-refractivity contribution in [2.24, 2.45) is 0 Å². The molecule has 17 heteroatoms. The van der Waals surface area contributed by atoms with Crippen LogP contribution in [0, 0.1) is 20.2 Å². The van der Waals surface area contributed by atoms with Gasteiger partial charge in [-0.15, -0.1) is 6.58 Å². The van der Waals surface area contributed by atoms with Crippen molar-refractivity contribution in [1.29, 1.82) is 0 Å². The van der Waals surface area contributed by atoms with E-state index >= 15 is 0 Å². The Kier molecular flexibility index (Phi) is 9.84. The first-order chi connectivity index (χ1) is 21.1. The molecule has 45 heavy (non-hydrogen) atoms. The minimum atomic E-state index is -4.57. The molecule has 13 nitrogen and oxygen atoms in total. The molecular formula is C28H29F3N6O7S. The number of aromatic nitrogens is 2. The smallest absolute Gasteiger partial charge is 0.416 e. The van der Waals surface area contributed by atoms with Gasteiger partial charge < -0.3 is 25.2 Å². The van der Waals surface area contributed by atoms with E-state index < -0.39 is 51.2 Å². The van der Waals surface area contributed by atoms with Crippen molar-refractivity contribution in [2.45, 2.75) is 53.8 Å². The number of hydrogen-bond acceptors (Lipinski definition) is 9. The fourth-order valence-electron chi connectivity index (χ4n) is 5.36. The lowest BCUT2D eigenvalue weighted by Crippen LogP contribution is -2.59. The average Bonchev–Trinajstić information content (AvgIpc) is 3.34. The maximum atomic E-state index is 13.3. The molecular weight excluding hydrogens is 621 g/mol. The number of aliphatic hydroxyl groups is 1. The third-order valence-corrected chi connectivity index (χ3v) is 8.26. The number of piperazine rings is 1. The Bertz CT molecular complexity index is 1560. The van der Waals surface area contributed by atoms with E-state index in [4.69, 9.17) is 0 Å². The van der Waals surface area contributed by atoms with Crippen LogP contribution in [0.25, 0.3) is 0 Å². The van der Waals surface area contributed by atoms with E-state index in [2.05, 4.69) is 11.6 Å². The van der Waals surface area contributed by atoms with Crippen molar-refractivity contribution in [3.63, 3.8) is 0 Å². The summed E-state index contributed by atoms with van der Waals surface area (Å²) in [6.07, 6.45) is -2.92. The first kappa shape index (κ1) is 33.4. The second kappa shape index (κ2) is 13.3. The van der Waals surface area contributed by atoms with Gasteiger partial charge in [-0.25, -0.2) is 4.79 Å². The fraction of sp³-hybridized carbons (Fsp3) is 0.357. The van der Waals surface area contributed by atoms with Crippen LogP contribution in [0.2, 0.25) is 0 Å². The molecule has 1 aliphatic rings. The van der Waals surface area contributed by atoms with Gasteiger partial charge in [0.25, 0.3) is 10.8 Å². The molecule has 0 saturated carbocycles. The second-order valence-electron chi connectivity index (χ2n) is 10.7. The summed E-state index contributed by atoms with van der Waals surface area (Å²) in [5.41, 5.74) is -2.20. The van der Waals surface area contributed by atoms with Crippen molar-refractivity contribution in [2.75, 3.05) is 19.6 Å². The number of nitro benzene ring substituents is 1. The highest BCUT2D eigenvalue weighted by atomic mass is 32.2. The molecule has 0 bridgehead atoms. The Morgan fingerprint density at radius 1 is 1.09 bits per heavy atom. The summed E-state index contributed by atoms with van der Waals surface area (Å²) >= 11 is 0.996. The summed E-state index contributed by atoms with van der Waals surface area (Å²) in [4.78, 5) is 40.9. The summed E-state index contributed by atoms with van der Waals surface area (Å²) in [5, 5.41) is 44.2. The molecule has 1 aliphatic heterocycles. The maximum Gasteiger partial charge on any atom is 0.416 e. The van der Waals surface area contributed by atoms with E-state index in [1.54, 1.807) is 4.90 Å². The van der Waals surface area contributed by atoms with Crippen molar-refractivity contribution >= 4 is 29.4 Å². The van der Waals surface area contributed by atoms with Gasteiger partial charge in [0.2, 0.25) is 0 Å². The minimum absolute atomic E-state index is 0.0544. The van der Waals surface area contributed by atoms with Gasteiger partial charge in [-0.05, 0) is 64.8 Å². The normalized spacial score (nSPS) is 18.7. The van der Waals surface area contributed by atoms with Gasteiger partial charge >= 0.3 is 18.1 Å². The molecule has 1 amide bonds. The van der Waals surface area contributed by atoms with Crippen LogP contribution >= 0.6 is 11.8 Å². The summed E-state index contributed by atoms with van der Waals surface area (Å²) in [6.45, 7) is 5.10. The molecule has 3 aromatic rings. The second-order valence-corrected chi connectivity index (χ2v) is 11.8. The third kappa shape index (κ3) is 7.98. The van der Waals surface area contributed by atoms with Crippen molar-refractivity contribution in [3.05, 3.63) is 98.7 Å². The van der Waals surface area contributed by atoms with Gasteiger partial charge in [-0.2, -0.15) is 13.2 Å². The van der Waals surface area contributed by atoms with E-state index in [1.165, 1.54) is 58.9 Å². The molecule has 2 heterocycles. The largest absolute Gasteiger partial charge is 0.465 e. The fourth-order valence-corrected chi connectivity index (χ4v) is 6.22. The lowest BCUT2D eigenvalue weighted by Gasteiger charge is -2.48. The summed E-state index contributed by atoms with van der Waals surface area (Å²) in [5.74, 6) is -0.487. The SMILES string of the molecule is C=CCC1C(c2ccc(C(F)(F)F)cc2)N(CC(C)(O)Cn2cc([N+](=O)[O-])nc2Sc2ccc([N+](=O)[O-])cc2)CCN1C(=O)O. The molecule has 0 radical (unpaired) electrons. The van der Waals surface area contributed by atoms with Crippen LogP contribution in [0.4, 0.5) is 29.5 Å². The highest BCUT2D eigenvalue weighted by Gasteiger charge is 2.42. The van der Waals surface area contributed by atoms with Crippen LogP contribution in [0.5, 0.6) is 0 Å². The lowest BCUT2D eigenvalue weighted by molar-refractivity contribution is -0.389. The van der Waals surface area contributed by atoms with E-state index in [1.807, 2.05) is 0 Å². The highest BCUT2D eigenvalue weighted by Crippen LogP contribution is 2.37. The number of halogens is 3. The molecule has 2 N–H and O–H groups in total. The first-order valence-corrected chi connectivity index (χ1v) is 14.3. The summed E-state index contributed by atoms with van der Waals surface area (Å²) in [7, 11) is 0. The third-order valence-electron chi connectivity index (χ3n) is 7.25. The number of carboxylic acid groups (broad SMARTS) is 1. The summed E-state index contributed by atoms with van der Waals surface area (Å²) < 4.78 is 41.2. The number of alkyl halides is 3. The maximum absolute atomic E-state index is 13.3. The number of β-amino-alcohol motifs (C(OH)–C–C–N with tert-alkyl or cyclic N) is 1. The highest BCUT2D eigenvalue weighted by molar-refractivity contribution is 7.99. The average molecular weight is 651 g/mol. The Morgan fingerprint density at radius 2 is 1.73 bits per heavy atom. The first-order valence-electron chi connectivity index (χ1n) is 13.5. The zero-order chi connectivity index (χ0) is 33.1. The number of non-ortho nitro benzene ring substituents is 1. The predicted octanol–water partition coefficient (Wildman–Crippen LogP) is 5.60. The van der Waals surface area contributed by atoms with Crippen LogP contribution < -0.4 is 0 Å². The van der Waals surface area contributed by atoms with Crippen molar-refractivity contribution in [1.82, 2.24) is 19.4 Å². The number of benzene rings is 2. The van der Waals surface area contributed by atoms with Gasteiger partial charge in [0.15, 0.2) is 0 Å². The molecule has 2 aromatic carbocycles. The van der Waals surface area contributed by atoms with Crippen molar-refractivity contribution in [3.8, 4) is 0 Å².